The van der Waals surface area contributed by atoms with E-state index in [2.05, 4.69) is 10.6 Å². The fourth-order valence-corrected chi connectivity index (χ4v) is 2.62. The van der Waals surface area contributed by atoms with Crippen LogP contribution in [0.1, 0.15) is 10.4 Å². The van der Waals surface area contributed by atoms with Gasteiger partial charge in [-0.05, 0) is 12.1 Å². The number of carbonyl (C=O) groups is 1. The van der Waals surface area contributed by atoms with Crippen molar-refractivity contribution in [2.45, 2.75) is 12.1 Å². The van der Waals surface area contributed by atoms with Crippen molar-refractivity contribution in [3.05, 3.63) is 34.3 Å². The lowest BCUT2D eigenvalue weighted by Gasteiger charge is -2.18. The van der Waals surface area contributed by atoms with E-state index in [-0.39, 0.29) is 18.1 Å². The molecule has 2 heterocycles. The summed E-state index contributed by atoms with van der Waals surface area (Å²) in [6, 6.07) is 5.01. The van der Waals surface area contributed by atoms with Crippen molar-refractivity contribution in [2.75, 3.05) is 20.2 Å². The number of hydrogen-bond donors (Lipinski definition) is 2. The molecule has 2 aromatic rings. The molecule has 0 saturated carbocycles. The third-order valence-corrected chi connectivity index (χ3v) is 3.84. The fourth-order valence-electron chi connectivity index (χ4n) is 2.62. The van der Waals surface area contributed by atoms with Crippen LogP contribution in [0.5, 0.6) is 0 Å². The average molecular weight is 291 g/mol. The largest absolute Gasteiger partial charge is 0.419 e. The maximum atomic E-state index is 12.4. The van der Waals surface area contributed by atoms with Gasteiger partial charge >= 0.3 is 5.76 Å². The molecule has 1 aliphatic rings. The van der Waals surface area contributed by atoms with Crippen LogP contribution in [-0.4, -0.2) is 42.8 Å². The summed E-state index contributed by atoms with van der Waals surface area (Å²) in [5.41, 5.74) is 1.26. The summed E-state index contributed by atoms with van der Waals surface area (Å²) in [5.74, 6) is -0.756. The molecule has 1 amide bonds. The van der Waals surface area contributed by atoms with Crippen molar-refractivity contribution in [3.63, 3.8) is 0 Å². The van der Waals surface area contributed by atoms with Gasteiger partial charge in [-0.2, -0.15) is 0 Å². The molecule has 1 saturated heterocycles. The van der Waals surface area contributed by atoms with Crippen molar-refractivity contribution in [1.82, 2.24) is 15.2 Å². The summed E-state index contributed by atoms with van der Waals surface area (Å²) >= 11 is 0. The van der Waals surface area contributed by atoms with Crippen LogP contribution in [0.4, 0.5) is 0 Å². The van der Waals surface area contributed by atoms with Gasteiger partial charge in [-0.1, -0.05) is 6.07 Å². The van der Waals surface area contributed by atoms with Gasteiger partial charge in [0.15, 0.2) is 5.58 Å². The molecule has 21 heavy (non-hydrogen) atoms. The molecule has 0 aliphatic carbocycles. The highest BCUT2D eigenvalue weighted by Crippen LogP contribution is 2.17. The van der Waals surface area contributed by atoms with E-state index in [1.54, 1.807) is 32.4 Å². The van der Waals surface area contributed by atoms with E-state index in [4.69, 9.17) is 9.15 Å². The zero-order valence-electron chi connectivity index (χ0n) is 11.9. The molecule has 0 spiro atoms. The van der Waals surface area contributed by atoms with Crippen molar-refractivity contribution in [2.24, 2.45) is 7.05 Å². The standard InChI is InChI=1S/C14H17N3O4/c1-17-10-5-3-4-8(12(10)21-14(17)19)13(18)16-9-6-15-7-11(9)20-2/h3-5,9,11,15H,6-7H2,1-2H3,(H,16,18)/t9-,11-/m1/s1. The molecule has 0 unspecified atom stereocenters. The second kappa shape index (κ2) is 5.34. The first-order valence-electron chi connectivity index (χ1n) is 6.74. The molecule has 2 atom stereocenters. The number of aryl methyl sites for hydroxylation is 1. The minimum absolute atomic E-state index is 0.0593. The first-order valence-corrected chi connectivity index (χ1v) is 6.74. The number of methoxy groups -OCH3 is 1. The molecule has 0 radical (unpaired) electrons. The van der Waals surface area contributed by atoms with Gasteiger partial charge in [-0.25, -0.2) is 4.79 Å². The Bertz CT molecular complexity index is 733. The third kappa shape index (κ3) is 2.34. The number of carbonyl (C=O) groups excluding carboxylic acids is 1. The minimum Gasteiger partial charge on any atom is -0.407 e. The number of rotatable bonds is 3. The van der Waals surface area contributed by atoms with Crippen LogP contribution < -0.4 is 16.4 Å². The van der Waals surface area contributed by atoms with Crippen LogP contribution in [0.3, 0.4) is 0 Å². The van der Waals surface area contributed by atoms with Crippen molar-refractivity contribution >= 4 is 17.0 Å². The Labute approximate surface area is 120 Å². The fraction of sp³-hybridized carbons (Fsp3) is 0.429. The highest BCUT2D eigenvalue weighted by atomic mass is 16.5. The van der Waals surface area contributed by atoms with E-state index in [1.807, 2.05) is 0 Å². The van der Waals surface area contributed by atoms with Gasteiger partial charge in [-0.3, -0.25) is 9.36 Å². The van der Waals surface area contributed by atoms with Crippen LogP contribution >= 0.6 is 0 Å². The Morgan fingerprint density at radius 2 is 2.29 bits per heavy atom. The molecule has 1 aromatic heterocycles. The number of nitrogens with one attached hydrogen (secondary N) is 2. The Hall–Kier alpha value is -2.12. The molecule has 3 rings (SSSR count). The number of nitrogens with zero attached hydrogens (tertiary/aromatic N) is 1. The van der Waals surface area contributed by atoms with E-state index >= 15 is 0 Å². The lowest BCUT2D eigenvalue weighted by molar-refractivity contribution is 0.0780. The average Bonchev–Trinajstić information content (AvgIpc) is 3.04. The Morgan fingerprint density at radius 3 is 3.05 bits per heavy atom. The van der Waals surface area contributed by atoms with Crippen LogP contribution in [0.25, 0.3) is 11.1 Å². The van der Waals surface area contributed by atoms with Gasteiger partial charge in [0.1, 0.15) is 0 Å². The van der Waals surface area contributed by atoms with Crippen molar-refractivity contribution < 1.29 is 13.9 Å². The molecule has 1 aromatic carbocycles. The smallest absolute Gasteiger partial charge is 0.407 e. The number of ether oxygens (including phenoxy) is 1. The number of amides is 1. The van der Waals surface area contributed by atoms with Crippen LogP contribution in [0.2, 0.25) is 0 Å². The molecular weight excluding hydrogens is 274 g/mol. The van der Waals surface area contributed by atoms with Gasteiger partial charge in [-0.15, -0.1) is 0 Å². The van der Waals surface area contributed by atoms with E-state index in [0.717, 1.165) is 0 Å². The lowest BCUT2D eigenvalue weighted by Crippen LogP contribution is -2.43. The highest BCUT2D eigenvalue weighted by molar-refractivity contribution is 6.04. The van der Waals surface area contributed by atoms with Gasteiger partial charge in [0.05, 0.1) is 23.2 Å². The minimum atomic E-state index is -0.484. The van der Waals surface area contributed by atoms with Gasteiger partial charge in [0.25, 0.3) is 5.91 Å². The van der Waals surface area contributed by atoms with Crippen LogP contribution in [0.15, 0.2) is 27.4 Å². The quantitative estimate of drug-likeness (QED) is 0.821. The predicted molar refractivity (Wildman–Crippen MR) is 76.4 cm³/mol. The summed E-state index contributed by atoms with van der Waals surface area (Å²) < 4.78 is 11.9. The number of aromatic nitrogens is 1. The predicted octanol–water partition coefficient (Wildman–Crippen LogP) is -0.152. The van der Waals surface area contributed by atoms with Gasteiger partial charge < -0.3 is 19.8 Å². The van der Waals surface area contributed by atoms with Crippen molar-refractivity contribution in [1.29, 1.82) is 0 Å². The second-order valence-corrected chi connectivity index (χ2v) is 5.09. The topological polar surface area (TPSA) is 85.5 Å². The first kappa shape index (κ1) is 13.8. The van der Waals surface area contributed by atoms with Crippen LogP contribution in [-0.2, 0) is 11.8 Å². The Balaban J connectivity index is 1.91. The maximum absolute atomic E-state index is 12.4. The number of para-hydroxylation sites is 1. The van der Waals surface area contributed by atoms with Gasteiger partial charge in [0, 0.05) is 27.2 Å². The lowest BCUT2D eigenvalue weighted by atomic mass is 10.1. The zero-order chi connectivity index (χ0) is 15.0. The van der Waals surface area contributed by atoms with E-state index < -0.39 is 5.76 Å². The number of benzene rings is 1. The summed E-state index contributed by atoms with van der Waals surface area (Å²) in [7, 11) is 3.23. The maximum Gasteiger partial charge on any atom is 0.419 e. The second-order valence-electron chi connectivity index (χ2n) is 5.09. The third-order valence-electron chi connectivity index (χ3n) is 3.84. The Kier molecular flexibility index (Phi) is 3.52. The van der Waals surface area contributed by atoms with Gasteiger partial charge in [0.2, 0.25) is 0 Å². The highest BCUT2D eigenvalue weighted by Gasteiger charge is 2.29. The molecule has 112 valence electrons. The normalized spacial score (nSPS) is 21.8. The molecule has 7 heteroatoms. The molecule has 0 bridgehead atoms. The zero-order valence-corrected chi connectivity index (χ0v) is 11.9. The summed E-state index contributed by atoms with van der Waals surface area (Å²) in [4.78, 5) is 24.0. The Morgan fingerprint density at radius 1 is 1.48 bits per heavy atom. The van der Waals surface area contributed by atoms with E-state index in [0.29, 0.717) is 29.8 Å². The number of fused-ring (bicyclic) bond motifs is 1. The first-order chi connectivity index (χ1) is 10.1. The summed E-state index contributed by atoms with van der Waals surface area (Å²) in [6.45, 7) is 1.35. The summed E-state index contributed by atoms with van der Waals surface area (Å²) in [5, 5.41) is 6.08. The number of hydrogen-bond acceptors (Lipinski definition) is 5. The molecular formula is C14H17N3O4. The molecule has 7 nitrogen and oxygen atoms in total. The van der Waals surface area contributed by atoms with E-state index in [9.17, 15) is 9.59 Å². The summed E-state index contributed by atoms with van der Waals surface area (Å²) in [6.07, 6.45) is -0.0593. The monoisotopic (exact) mass is 291 g/mol. The molecule has 1 aliphatic heterocycles. The van der Waals surface area contributed by atoms with Crippen molar-refractivity contribution in [3.8, 4) is 0 Å². The van der Waals surface area contributed by atoms with Crippen LogP contribution in [0, 0.1) is 0 Å². The SMILES string of the molecule is CO[C@@H]1CNC[C@H]1NC(=O)c1cccc2c1oc(=O)n2C. The van der Waals surface area contributed by atoms with E-state index in [1.165, 1.54) is 4.57 Å². The molecule has 2 N–H and O–H groups in total. The molecule has 1 fully saturated rings. The number of oxazole rings is 1.